The van der Waals surface area contributed by atoms with Crippen molar-refractivity contribution in [3.63, 3.8) is 0 Å². The van der Waals surface area contributed by atoms with E-state index in [0.717, 1.165) is 33.0 Å². The molecular formula is C16H16N2O2S. The molecule has 0 radical (unpaired) electrons. The summed E-state index contributed by atoms with van der Waals surface area (Å²) in [5.74, 6) is 1.14. The first kappa shape index (κ1) is 13.7. The average molecular weight is 300 g/mol. The Morgan fingerprint density at radius 2 is 2.00 bits per heavy atom. The van der Waals surface area contributed by atoms with Gasteiger partial charge in [0, 0.05) is 4.88 Å². The molecule has 0 saturated heterocycles. The molecule has 0 amide bonds. The molecule has 3 rings (SSSR count). The summed E-state index contributed by atoms with van der Waals surface area (Å²) < 4.78 is 10.6. The van der Waals surface area contributed by atoms with E-state index in [1.165, 1.54) is 4.88 Å². The molecule has 0 saturated carbocycles. The van der Waals surface area contributed by atoms with Crippen LogP contribution in [0.4, 0.5) is 5.88 Å². The third kappa shape index (κ3) is 2.40. The van der Waals surface area contributed by atoms with E-state index in [1.54, 1.807) is 18.4 Å². The fraction of sp³-hybridized carbons (Fsp3) is 0.188. The summed E-state index contributed by atoms with van der Waals surface area (Å²) in [7, 11) is 1.66. The molecule has 2 heterocycles. The molecule has 0 bridgehead atoms. The molecule has 4 nitrogen and oxygen atoms in total. The van der Waals surface area contributed by atoms with Crippen LogP contribution < -0.4 is 10.5 Å². The van der Waals surface area contributed by atoms with Gasteiger partial charge in [0.2, 0.25) is 5.88 Å². The predicted molar refractivity (Wildman–Crippen MR) is 85.7 cm³/mol. The van der Waals surface area contributed by atoms with Gasteiger partial charge < -0.3 is 15.0 Å². The number of nitrogen functional groups attached to an aromatic ring is 1. The van der Waals surface area contributed by atoms with Gasteiger partial charge in [0.1, 0.15) is 11.4 Å². The van der Waals surface area contributed by atoms with Gasteiger partial charge in [0.25, 0.3) is 0 Å². The second-order valence-corrected chi connectivity index (χ2v) is 6.15. The zero-order valence-electron chi connectivity index (χ0n) is 12.1. The number of hydrogen-bond donors (Lipinski definition) is 1. The summed E-state index contributed by atoms with van der Waals surface area (Å²) in [5, 5.41) is 4.12. The van der Waals surface area contributed by atoms with Crippen LogP contribution in [0.5, 0.6) is 5.75 Å². The number of aromatic nitrogens is 1. The van der Waals surface area contributed by atoms with Crippen LogP contribution in [-0.4, -0.2) is 12.3 Å². The zero-order chi connectivity index (χ0) is 15.0. The van der Waals surface area contributed by atoms with E-state index in [0.29, 0.717) is 5.88 Å². The van der Waals surface area contributed by atoms with Gasteiger partial charge in [-0.25, -0.2) is 0 Å². The minimum absolute atomic E-state index is 0.321. The smallest absolute Gasteiger partial charge is 0.230 e. The Labute approximate surface area is 127 Å². The van der Waals surface area contributed by atoms with E-state index >= 15 is 0 Å². The summed E-state index contributed by atoms with van der Waals surface area (Å²) in [4.78, 5) is 2.27. The fourth-order valence-corrected chi connectivity index (χ4v) is 3.14. The number of hydrogen-bond acceptors (Lipinski definition) is 5. The number of ether oxygens (including phenoxy) is 1. The second kappa shape index (κ2) is 5.26. The molecule has 0 atom stereocenters. The van der Waals surface area contributed by atoms with E-state index in [9.17, 15) is 0 Å². The van der Waals surface area contributed by atoms with Gasteiger partial charge in [0.05, 0.1) is 17.6 Å². The van der Waals surface area contributed by atoms with Crippen molar-refractivity contribution in [1.82, 2.24) is 5.16 Å². The molecular weight excluding hydrogens is 284 g/mol. The van der Waals surface area contributed by atoms with Crippen LogP contribution in [0.2, 0.25) is 0 Å². The SMILES string of the molecule is COc1cc(-c2c(-c3ccc(C)s3)noc2N)ccc1C. The van der Waals surface area contributed by atoms with E-state index in [-0.39, 0.29) is 0 Å². The van der Waals surface area contributed by atoms with Crippen LogP contribution in [0.3, 0.4) is 0 Å². The Morgan fingerprint density at radius 1 is 1.19 bits per heavy atom. The van der Waals surface area contributed by atoms with Gasteiger partial charge >= 0.3 is 0 Å². The number of rotatable bonds is 3. The lowest BCUT2D eigenvalue weighted by molar-refractivity contribution is 0.412. The standard InChI is InChI=1S/C16H16N2O2S/c1-9-4-6-11(8-12(9)19-3)14-15(18-20-16(14)17)13-7-5-10(2)21-13/h4-8H,17H2,1-3H3. The van der Waals surface area contributed by atoms with Crippen LogP contribution in [-0.2, 0) is 0 Å². The molecule has 0 fully saturated rings. The lowest BCUT2D eigenvalue weighted by Gasteiger charge is -2.07. The highest BCUT2D eigenvalue weighted by Gasteiger charge is 2.19. The van der Waals surface area contributed by atoms with Crippen molar-refractivity contribution < 1.29 is 9.26 Å². The highest BCUT2D eigenvalue weighted by Crippen LogP contribution is 2.40. The minimum atomic E-state index is 0.321. The van der Waals surface area contributed by atoms with Crippen LogP contribution in [0.15, 0.2) is 34.9 Å². The van der Waals surface area contributed by atoms with Gasteiger partial charge in [0.15, 0.2) is 0 Å². The monoisotopic (exact) mass is 300 g/mol. The third-order valence-electron chi connectivity index (χ3n) is 3.39. The molecule has 2 N–H and O–H groups in total. The highest BCUT2D eigenvalue weighted by atomic mass is 32.1. The van der Waals surface area contributed by atoms with Gasteiger partial charge in [-0.15, -0.1) is 11.3 Å². The second-order valence-electron chi connectivity index (χ2n) is 4.87. The number of thiophene rings is 1. The van der Waals surface area contributed by atoms with E-state index in [4.69, 9.17) is 15.0 Å². The first-order chi connectivity index (χ1) is 10.1. The number of anilines is 1. The Kier molecular flexibility index (Phi) is 3.43. The third-order valence-corrected chi connectivity index (χ3v) is 4.40. The van der Waals surface area contributed by atoms with Gasteiger partial charge in [-0.3, -0.25) is 0 Å². The summed E-state index contributed by atoms with van der Waals surface area (Å²) in [5.41, 5.74) is 9.59. The molecule has 108 valence electrons. The fourth-order valence-electron chi connectivity index (χ4n) is 2.29. The maximum atomic E-state index is 5.98. The zero-order valence-corrected chi connectivity index (χ0v) is 13.0. The number of nitrogens with zero attached hydrogens (tertiary/aromatic N) is 1. The van der Waals surface area contributed by atoms with Crippen molar-refractivity contribution in [2.24, 2.45) is 0 Å². The molecule has 21 heavy (non-hydrogen) atoms. The summed E-state index contributed by atoms with van der Waals surface area (Å²) in [6.07, 6.45) is 0. The molecule has 0 spiro atoms. The minimum Gasteiger partial charge on any atom is -0.496 e. The first-order valence-electron chi connectivity index (χ1n) is 6.57. The molecule has 3 aromatic rings. The Morgan fingerprint density at radius 3 is 2.67 bits per heavy atom. The summed E-state index contributed by atoms with van der Waals surface area (Å²) in [6, 6.07) is 10.1. The van der Waals surface area contributed by atoms with Crippen LogP contribution in [0, 0.1) is 13.8 Å². The van der Waals surface area contributed by atoms with E-state index in [1.807, 2.05) is 31.2 Å². The highest BCUT2D eigenvalue weighted by molar-refractivity contribution is 7.15. The normalized spacial score (nSPS) is 10.8. The molecule has 2 aromatic heterocycles. The Hall–Kier alpha value is -2.27. The Balaban J connectivity index is 2.17. The molecule has 0 aliphatic rings. The number of nitrogens with two attached hydrogens (primary N) is 1. The number of benzene rings is 1. The van der Waals surface area contributed by atoms with Crippen molar-refractivity contribution >= 4 is 17.2 Å². The van der Waals surface area contributed by atoms with Gasteiger partial charge in [-0.05, 0) is 43.2 Å². The maximum absolute atomic E-state index is 5.98. The predicted octanol–water partition coefficient (Wildman–Crippen LogP) is 4.28. The topological polar surface area (TPSA) is 61.3 Å². The number of aryl methyl sites for hydroxylation is 2. The lowest BCUT2D eigenvalue weighted by atomic mass is 10.0. The lowest BCUT2D eigenvalue weighted by Crippen LogP contribution is -1.90. The van der Waals surface area contributed by atoms with Crippen molar-refractivity contribution in [3.8, 4) is 27.4 Å². The quantitative estimate of drug-likeness (QED) is 0.784. The summed E-state index contributed by atoms with van der Waals surface area (Å²) in [6.45, 7) is 4.06. The van der Waals surface area contributed by atoms with Crippen molar-refractivity contribution in [2.75, 3.05) is 12.8 Å². The molecule has 0 aliphatic heterocycles. The van der Waals surface area contributed by atoms with E-state index in [2.05, 4.69) is 18.1 Å². The number of methoxy groups -OCH3 is 1. The van der Waals surface area contributed by atoms with Gasteiger partial charge in [-0.2, -0.15) is 0 Å². The first-order valence-corrected chi connectivity index (χ1v) is 7.38. The largest absolute Gasteiger partial charge is 0.496 e. The van der Waals surface area contributed by atoms with Crippen LogP contribution in [0.25, 0.3) is 21.7 Å². The average Bonchev–Trinajstić information content (AvgIpc) is 3.05. The summed E-state index contributed by atoms with van der Waals surface area (Å²) >= 11 is 1.67. The van der Waals surface area contributed by atoms with Gasteiger partial charge in [-0.1, -0.05) is 17.3 Å². The maximum Gasteiger partial charge on any atom is 0.230 e. The van der Waals surface area contributed by atoms with Crippen molar-refractivity contribution in [2.45, 2.75) is 13.8 Å². The van der Waals surface area contributed by atoms with Crippen LogP contribution in [0.1, 0.15) is 10.4 Å². The van der Waals surface area contributed by atoms with Crippen LogP contribution >= 0.6 is 11.3 Å². The van der Waals surface area contributed by atoms with E-state index < -0.39 is 0 Å². The molecule has 0 unspecified atom stereocenters. The molecule has 0 aliphatic carbocycles. The molecule has 1 aromatic carbocycles. The Bertz CT molecular complexity index is 789. The van der Waals surface area contributed by atoms with Crippen molar-refractivity contribution in [3.05, 3.63) is 40.8 Å². The van der Waals surface area contributed by atoms with Crippen molar-refractivity contribution in [1.29, 1.82) is 0 Å². The molecule has 5 heteroatoms.